The molecule has 0 aliphatic carbocycles. The molecule has 1 amide bonds. The molecule has 29 heavy (non-hydrogen) atoms. The van der Waals surface area contributed by atoms with Crippen LogP contribution in [0, 0.1) is 13.8 Å². The highest BCUT2D eigenvalue weighted by Crippen LogP contribution is 2.26. The zero-order valence-corrected chi connectivity index (χ0v) is 17.8. The first kappa shape index (κ1) is 22.5. The van der Waals surface area contributed by atoms with Crippen LogP contribution in [0.2, 0.25) is 0 Å². The van der Waals surface area contributed by atoms with Gasteiger partial charge in [-0.15, -0.1) is 12.4 Å². The van der Waals surface area contributed by atoms with Crippen molar-refractivity contribution in [1.82, 2.24) is 4.57 Å². The van der Waals surface area contributed by atoms with E-state index in [1.54, 1.807) is 0 Å². The van der Waals surface area contributed by atoms with Crippen LogP contribution in [0.5, 0.6) is 5.75 Å². The summed E-state index contributed by atoms with van der Waals surface area (Å²) in [7, 11) is 0. The maximum atomic E-state index is 12.8. The van der Waals surface area contributed by atoms with E-state index in [9.17, 15) is 4.79 Å². The summed E-state index contributed by atoms with van der Waals surface area (Å²) in [5.74, 6) is 0.619. The summed E-state index contributed by atoms with van der Waals surface area (Å²) in [5, 5.41) is 2.97. The van der Waals surface area contributed by atoms with Crippen molar-refractivity contribution >= 4 is 24.0 Å². The Hall–Kier alpha value is -2.76. The van der Waals surface area contributed by atoms with Crippen LogP contribution in [-0.2, 0) is 0 Å². The zero-order valence-electron chi connectivity index (χ0n) is 17.0. The van der Waals surface area contributed by atoms with Gasteiger partial charge in [-0.25, -0.2) is 0 Å². The number of nitrogens with one attached hydrogen (secondary N) is 1. The number of ether oxygens (including phenoxy) is 1. The van der Waals surface area contributed by atoms with Crippen LogP contribution in [0.4, 0.5) is 5.69 Å². The minimum Gasteiger partial charge on any atom is -0.492 e. The van der Waals surface area contributed by atoms with Crippen molar-refractivity contribution in [2.45, 2.75) is 26.8 Å². The number of carbonyl (C=O) groups is 1. The number of aryl methyl sites for hydroxylation is 1. The maximum absolute atomic E-state index is 12.8. The van der Waals surface area contributed by atoms with Gasteiger partial charge in [-0.1, -0.05) is 30.3 Å². The first-order valence-corrected chi connectivity index (χ1v) is 9.49. The third kappa shape index (κ3) is 5.19. The lowest BCUT2D eigenvalue weighted by Gasteiger charge is -2.19. The van der Waals surface area contributed by atoms with Crippen LogP contribution in [0.1, 0.15) is 40.3 Å². The second-order valence-corrected chi connectivity index (χ2v) is 6.86. The zero-order chi connectivity index (χ0) is 20.1. The molecule has 0 radical (unpaired) electrons. The molecule has 6 heteroatoms. The summed E-state index contributed by atoms with van der Waals surface area (Å²) in [6.07, 6.45) is 0. The fraction of sp³-hybridized carbons (Fsp3) is 0.261. The summed E-state index contributed by atoms with van der Waals surface area (Å²) < 4.78 is 7.67. The van der Waals surface area contributed by atoms with Crippen LogP contribution >= 0.6 is 12.4 Å². The molecule has 3 N–H and O–H groups in total. The van der Waals surface area contributed by atoms with Gasteiger partial charge in [-0.3, -0.25) is 4.79 Å². The number of nitrogens with zero attached hydrogens (tertiary/aromatic N) is 1. The Kier molecular flexibility index (Phi) is 7.88. The van der Waals surface area contributed by atoms with Gasteiger partial charge < -0.3 is 20.4 Å². The van der Waals surface area contributed by atoms with E-state index < -0.39 is 0 Å². The number of hydrogen-bond acceptors (Lipinski definition) is 3. The summed E-state index contributed by atoms with van der Waals surface area (Å²) in [6.45, 7) is 7.11. The normalized spacial score (nSPS) is 11.4. The van der Waals surface area contributed by atoms with E-state index in [4.69, 9.17) is 10.5 Å². The van der Waals surface area contributed by atoms with Crippen molar-refractivity contribution in [3.63, 3.8) is 0 Å². The highest BCUT2D eigenvalue weighted by atomic mass is 35.5. The molecule has 0 bridgehead atoms. The quantitative estimate of drug-likeness (QED) is 0.588. The van der Waals surface area contributed by atoms with Crippen molar-refractivity contribution in [2.75, 3.05) is 18.5 Å². The second-order valence-electron chi connectivity index (χ2n) is 6.86. The Morgan fingerprint density at radius 1 is 1.10 bits per heavy atom. The monoisotopic (exact) mass is 413 g/mol. The standard InChI is InChI=1S/C23H27N3O2.ClH/c1-16-15-22(18(3)26(16)17(2)19-7-5-4-6-8-19)23(27)25-20-9-11-21(12-10-20)28-14-13-24;/h4-12,15,17H,13-14,24H2,1-3H3,(H,25,27);1H. The van der Waals surface area contributed by atoms with E-state index in [2.05, 4.69) is 28.9 Å². The molecule has 0 saturated heterocycles. The van der Waals surface area contributed by atoms with Gasteiger partial charge in [0.25, 0.3) is 5.91 Å². The molecule has 3 rings (SSSR count). The number of halogens is 1. The molecule has 0 aliphatic heterocycles. The summed E-state index contributed by atoms with van der Waals surface area (Å²) in [4.78, 5) is 12.8. The molecular formula is C23H28ClN3O2. The topological polar surface area (TPSA) is 69.3 Å². The summed E-state index contributed by atoms with van der Waals surface area (Å²) in [6, 6.07) is 19.7. The predicted molar refractivity (Wildman–Crippen MR) is 120 cm³/mol. The van der Waals surface area contributed by atoms with E-state index in [0.717, 1.165) is 22.8 Å². The minimum absolute atomic E-state index is 0. The Labute approximate surface area is 178 Å². The van der Waals surface area contributed by atoms with E-state index in [-0.39, 0.29) is 24.4 Å². The lowest BCUT2D eigenvalue weighted by atomic mass is 10.1. The van der Waals surface area contributed by atoms with Gasteiger partial charge in [0, 0.05) is 23.6 Å². The Morgan fingerprint density at radius 3 is 2.38 bits per heavy atom. The molecule has 1 atom stereocenters. The number of nitrogens with two attached hydrogens (primary N) is 1. The van der Waals surface area contributed by atoms with Gasteiger partial charge in [0.05, 0.1) is 11.6 Å². The van der Waals surface area contributed by atoms with Gasteiger partial charge in [0.15, 0.2) is 0 Å². The number of rotatable bonds is 7. The molecule has 1 heterocycles. The number of anilines is 1. The second kappa shape index (κ2) is 10.1. The van der Waals surface area contributed by atoms with E-state index in [1.165, 1.54) is 5.56 Å². The predicted octanol–water partition coefficient (Wildman–Crippen LogP) is 4.73. The first-order valence-electron chi connectivity index (χ1n) is 9.49. The van der Waals surface area contributed by atoms with Crippen molar-refractivity contribution in [1.29, 1.82) is 0 Å². The lowest BCUT2D eigenvalue weighted by molar-refractivity contribution is 0.102. The number of aromatic nitrogens is 1. The van der Waals surface area contributed by atoms with Gasteiger partial charge in [0.2, 0.25) is 0 Å². The molecule has 0 fully saturated rings. The van der Waals surface area contributed by atoms with Gasteiger partial charge in [0.1, 0.15) is 12.4 Å². The molecule has 0 saturated carbocycles. The third-order valence-corrected chi connectivity index (χ3v) is 4.90. The molecule has 2 aromatic carbocycles. The molecule has 1 aromatic heterocycles. The van der Waals surface area contributed by atoms with Crippen molar-refractivity contribution in [3.05, 3.63) is 83.2 Å². The van der Waals surface area contributed by atoms with Gasteiger partial charge >= 0.3 is 0 Å². The van der Waals surface area contributed by atoms with Crippen LogP contribution in [0.15, 0.2) is 60.7 Å². The molecule has 0 aliphatic rings. The minimum atomic E-state index is -0.116. The van der Waals surface area contributed by atoms with E-state index in [0.29, 0.717) is 18.7 Å². The van der Waals surface area contributed by atoms with E-state index in [1.807, 2.05) is 62.4 Å². The number of amides is 1. The lowest BCUT2D eigenvalue weighted by Crippen LogP contribution is -2.15. The molecule has 3 aromatic rings. The average Bonchev–Trinajstić information content (AvgIpc) is 3.01. The fourth-order valence-electron chi connectivity index (χ4n) is 3.49. The highest BCUT2D eigenvalue weighted by molar-refractivity contribution is 6.05. The Morgan fingerprint density at radius 2 is 1.76 bits per heavy atom. The van der Waals surface area contributed by atoms with Crippen LogP contribution in [0.3, 0.4) is 0 Å². The smallest absolute Gasteiger partial charge is 0.257 e. The summed E-state index contributed by atoms with van der Waals surface area (Å²) >= 11 is 0. The third-order valence-electron chi connectivity index (χ3n) is 4.90. The summed E-state index contributed by atoms with van der Waals surface area (Å²) in [5.41, 5.74) is 10.1. The fourth-order valence-corrected chi connectivity index (χ4v) is 3.49. The number of benzene rings is 2. The largest absolute Gasteiger partial charge is 0.492 e. The van der Waals surface area contributed by atoms with Crippen molar-refractivity contribution < 1.29 is 9.53 Å². The maximum Gasteiger partial charge on any atom is 0.257 e. The molecule has 0 spiro atoms. The van der Waals surface area contributed by atoms with Crippen LogP contribution < -0.4 is 15.8 Å². The van der Waals surface area contributed by atoms with E-state index >= 15 is 0 Å². The Balaban J connectivity index is 0.00000300. The van der Waals surface area contributed by atoms with Gasteiger partial charge in [-0.2, -0.15) is 0 Å². The van der Waals surface area contributed by atoms with Gasteiger partial charge in [-0.05, 0) is 56.7 Å². The van der Waals surface area contributed by atoms with Crippen LogP contribution in [0.25, 0.3) is 0 Å². The highest BCUT2D eigenvalue weighted by Gasteiger charge is 2.19. The van der Waals surface area contributed by atoms with Crippen LogP contribution in [-0.4, -0.2) is 23.6 Å². The molecule has 1 unspecified atom stereocenters. The molecule has 5 nitrogen and oxygen atoms in total. The van der Waals surface area contributed by atoms with Crippen molar-refractivity contribution in [3.8, 4) is 5.75 Å². The van der Waals surface area contributed by atoms with Crippen molar-refractivity contribution in [2.24, 2.45) is 5.73 Å². The number of carbonyl (C=O) groups excluding carboxylic acids is 1. The average molecular weight is 414 g/mol. The SMILES string of the molecule is Cc1cc(C(=O)Nc2ccc(OCCN)cc2)c(C)n1C(C)c1ccccc1.Cl. The number of hydrogen-bond donors (Lipinski definition) is 2. The Bertz CT molecular complexity index is 937. The molecular weight excluding hydrogens is 386 g/mol. The molecule has 154 valence electrons. The first-order chi connectivity index (χ1) is 13.5.